The van der Waals surface area contributed by atoms with Crippen LogP contribution in [0.15, 0.2) is 18.2 Å². The summed E-state index contributed by atoms with van der Waals surface area (Å²) in [5.41, 5.74) is 2.17. The molecule has 0 aliphatic carbocycles. The largest absolute Gasteiger partial charge is 0.379 e. The number of amides is 2. The molecule has 1 aromatic carbocycles. The van der Waals surface area contributed by atoms with E-state index < -0.39 is 0 Å². The topological polar surface area (TPSA) is 73.9 Å². The van der Waals surface area contributed by atoms with Crippen LogP contribution in [0.25, 0.3) is 0 Å². The molecule has 3 rings (SSSR count). The third-order valence-electron chi connectivity index (χ3n) is 5.48. The van der Waals surface area contributed by atoms with Gasteiger partial charge in [-0.25, -0.2) is 0 Å². The molecular weight excluding hydrogens is 380 g/mol. The van der Waals surface area contributed by atoms with E-state index in [-0.39, 0.29) is 17.2 Å². The average molecular weight is 417 g/mol. The Morgan fingerprint density at radius 2 is 1.77 bits per heavy atom. The summed E-state index contributed by atoms with van der Waals surface area (Å²) in [5, 5.41) is 6.03. The van der Waals surface area contributed by atoms with Gasteiger partial charge in [0.2, 0.25) is 5.91 Å². The molecule has 2 heterocycles. The summed E-state index contributed by atoms with van der Waals surface area (Å²) in [5.74, 6) is -0.118. The van der Waals surface area contributed by atoms with E-state index in [1.807, 2.05) is 39.0 Å². The van der Waals surface area contributed by atoms with Crippen LogP contribution in [0.1, 0.15) is 50.4 Å². The molecule has 2 fully saturated rings. The van der Waals surface area contributed by atoms with Crippen molar-refractivity contribution in [2.24, 2.45) is 5.41 Å². The highest BCUT2D eigenvalue weighted by atomic mass is 16.5. The van der Waals surface area contributed by atoms with Crippen LogP contribution in [0.5, 0.6) is 0 Å². The summed E-state index contributed by atoms with van der Waals surface area (Å²) < 4.78 is 5.38. The smallest absolute Gasteiger partial charge is 0.253 e. The van der Waals surface area contributed by atoms with E-state index in [1.165, 1.54) is 0 Å². The third-order valence-corrected chi connectivity index (χ3v) is 5.48. The second-order valence-corrected chi connectivity index (χ2v) is 9.42. The maximum Gasteiger partial charge on any atom is 0.253 e. The Balaban J connectivity index is 1.68. The van der Waals surface area contributed by atoms with Crippen LogP contribution in [0, 0.1) is 5.41 Å². The van der Waals surface area contributed by atoms with Gasteiger partial charge in [0, 0.05) is 57.1 Å². The van der Waals surface area contributed by atoms with Crippen LogP contribution < -0.4 is 15.5 Å². The van der Waals surface area contributed by atoms with Gasteiger partial charge in [0.05, 0.1) is 18.8 Å². The summed E-state index contributed by atoms with van der Waals surface area (Å²) in [7, 11) is 0. The van der Waals surface area contributed by atoms with Crippen molar-refractivity contribution >= 4 is 23.2 Å². The van der Waals surface area contributed by atoms with E-state index in [0.717, 1.165) is 64.5 Å². The Kier molecular flexibility index (Phi) is 7.72. The van der Waals surface area contributed by atoms with E-state index in [9.17, 15) is 9.59 Å². The normalized spacial score (nSPS) is 17.8. The van der Waals surface area contributed by atoms with E-state index in [2.05, 4.69) is 20.4 Å². The Morgan fingerprint density at radius 3 is 2.43 bits per heavy atom. The number of benzene rings is 1. The van der Waals surface area contributed by atoms with Crippen molar-refractivity contribution in [1.29, 1.82) is 0 Å². The number of hydrogen-bond donors (Lipinski definition) is 2. The second-order valence-electron chi connectivity index (χ2n) is 9.42. The van der Waals surface area contributed by atoms with Crippen molar-refractivity contribution in [3.8, 4) is 0 Å². The monoisotopic (exact) mass is 416 g/mol. The number of carbonyl (C=O) groups is 2. The van der Waals surface area contributed by atoms with Gasteiger partial charge in [-0.3, -0.25) is 14.5 Å². The fourth-order valence-corrected chi connectivity index (χ4v) is 3.96. The first kappa shape index (κ1) is 22.6. The summed E-state index contributed by atoms with van der Waals surface area (Å²) in [6.07, 6.45) is 2.71. The molecule has 0 atom stereocenters. The van der Waals surface area contributed by atoms with Crippen LogP contribution >= 0.6 is 0 Å². The van der Waals surface area contributed by atoms with Gasteiger partial charge in [0.1, 0.15) is 0 Å². The van der Waals surface area contributed by atoms with Gasteiger partial charge in [0.15, 0.2) is 0 Å². The molecule has 1 aromatic rings. The highest BCUT2D eigenvalue weighted by molar-refractivity contribution is 6.02. The van der Waals surface area contributed by atoms with Crippen LogP contribution in [-0.2, 0) is 9.53 Å². The molecule has 0 bridgehead atoms. The Bertz CT molecular complexity index is 732. The molecule has 0 unspecified atom stereocenters. The first-order valence-electron chi connectivity index (χ1n) is 11.1. The number of nitrogens with one attached hydrogen (secondary N) is 2. The predicted octanol–water partition coefficient (Wildman–Crippen LogP) is 2.72. The highest BCUT2D eigenvalue weighted by Crippen LogP contribution is 2.28. The van der Waals surface area contributed by atoms with Gasteiger partial charge in [-0.1, -0.05) is 20.8 Å². The fraction of sp³-hybridized carbons (Fsp3) is 0.652. The summed E-state index contributed by atoms with van der Waals surface area (Å²) in [4.78, 5) is 30.0. The Morgan fingerprint density at radius 1 is 1.07 bits per heavy atom. The molecule has 2 saturated heterocycles. The van der Waals surface area contributed by atoms with Crippen LogP contribution in [-0.4, -0.2) is 69.2 Å². The van der Waals surface area contributed by atoms with Crippen molar-refractivity contribution in [1.82, 2.24) is 10.2 Å². The lowest BCUT2D eigenvalue weighted by molar-refractivity contribution is -0.117. The van der Waals surface area contributed by atoms with Gasteiger partial charge in [-0.05, 0) is 36.5 Å². The average Bonchev–Trinajstić information content (AvgIpc) is 3.22. The minimum absolute atomic E-state index is 0.0323. The maximum atomic E-state index is 13.0. The third kappa shape index (κ3) is 6.71. The number of anilines is 2. The van der Waals surface area contributed by atoms with Crippen LogP contribution in [0.2, 0.25) is 0 Å². The van der Waals surface area contributed by atoms with Crippen molar-refractivity contribution in [3.05, 3.63) is 23.8 Å². The van der Waals surface area contributed by atoms with Gasteiger partial charge >= 0.3 is 0 Å². The Labute approximate surface area is 180 Å². The summed E-state index contributed by atoms with van der Waals surface area (Å²) in [6.45, 7) is 12.8. The predicted molar refractivity (Wildman–Crippen MR) is 120 cm³/mol. The molecule has 0 spiro atoms. The molecule has 30 heavy (non-hydrogen) atoms. The molecular formula is C23H36N4O3. The lowest BCUT2D eigenvalue weighted by Gasteiger charge is -2.26. The molecule has 2 N–H and O–H groups in total. The molecule has 0 aromatic heterocycles. The lowest BCUT2D eigenvalue weighted by atomic mass is 9.92. The molecule has 166 valence electrons. The molecule has 0 saturated carbocycles. The zero-order chi connectivity index (χ0) is 21.6. The van der Waals surface area contributed by atoms with Gasteiger partial charge in [-0.15, -0.1) is 0 Å². The standard InChI is InChI=1S/C23H36N4O3/c1-23(2,3)17-21(28)25-18-6-7-20(27-9-4-5-10-27)19(16-18)22(29)24-8-11-26-12-14-30-15-13-26/h6-7,16H,4-5,8-15,17H2,1-3H3,(H,24,29)(H,25,28). The maximum absolute atomic E-state index is 13.0. The summed E-state index contributed by atoms with van der Waals surface area (Å²) in [6, 6.07) is 5.69. The van der Waals surface area contributed by atoms with Crippen LogP contribution in [0.4, 0.5) is 11.4 Å². The molecule has 7 heteroatoms. The molecule has 7 nitrogen and oxygen atoms in total. The lowest BCUT2D eigenvalue weighted by Crippen LogP contribution is -2.41. The second kappa shape index (κ2) is 10.3. The Hall–Kier alpha value is -2.12. The van der Waals surface area contributed by atoms with E-state index in [0.29, 0.717) is 24.2 Å². The molecule has 0 radical (unpaired) electrons. The van der Waals surface area contributed by atoms with Gasteiger partial charge < -0.3 is 20.3 Å². The number of hydrogen-bond acceptors (Lipinski definition) is 5. The molecule has 2 aliphatic heterocycles. The van der Waals surface area contributed by atoms with Crippen molar-refractivity contribution in [3.63, 3.8) is 0 Å². The SMILES string of the molecule is CC(C)(C)CC(=O)Nc1ccc(N2CCCC2)c(C(=O)NCCN2CCOCC2)c1. The van der Waals surface area contributed by atoms with Crippen LogP contribution in [0.3, 0.4) is 0 Å². The minimum atomic E-state index is -0.0860. The van der Waals surface area contributed by atoms with Crippen molar-refractivity contribution < 1.29 is 14.3 Å². The van der Waals surface area contributed by atoms with E-state index >= 15 is 0 Å². The number of carbonyl (C=O) groups excluding carboxylic acids is 2. The number of rotatable bonds is 7. The number of morpholine rings is 1. The first-order chi connectivity index (χ1) is 14.3. The van der Waals surface area contributed by atoms with E-state index in [4.69, 9.17) is 4.74 Å². The van der Waals surface area contributed by atoms with Gasteiger partial charge in [0.25, 0.3) is 5.91 Å². The first-order valence-corrected chi connectivity index (χ1v) is 11.1. The molecule has 2 aliphatic rings. The van der Waals surface area contributed by atoms with E-state index in [1.54, 1.807) is 0 Å². The quantitative estimate of drug-likeness (QED) is 0.715. The highest BCUT2D eigenvalue weighted by Gasteiger charge is 2.22. The summed E-state index contributed by atoms with van der Waals surface area (Å²) >= 11 is 0. The molecule has 2 amide bonds. The van der Waals surface area contributed by atoms with Gasteiger partial charge in [-0.2, -0.15) is 0 Å². The number of nitrogens with zero attached hydrogens (tertiary/aromatic N) is 2. The van der Waals surface area contributed by atoms with Crippen molar-refractivity contribution in [2.75, 3.05) is 62.7 Å². The minimum Gasteiger partial charge on any atom is -0.379 e. The number of ether oxygens (including phenoxy) is 1. The fourth-order valence-electron chi connectivity index (χ4n) is 3.96. The zero-order valence-corrected chi connectivity index (χ0v) is 18.6. The van der Waals surface area contributed by atoms with Crippen molar-refractivity contribution in [2.45, 2.75) is 40.0 Å². The zero-order valence-electron chi connectivity index (χ0n) is 18.6.